The molecule has 0 bridgehead atoms. The fourth-order valence-corrected chi connectivity index (χ4v) is 3.01. The minimum Gasteiger partial charge on any atom is -0.495 e. The Balaban J connectivity index is 2.86. The first-order valence-electron chi connectivity index (χ1n) is 8.55. The van der Waals surface area contributed by atoms with Crippen molar-refractivity contribution in [3.05, 3.63) is 29.8 Å². The van der Waals surface area contributed by atoms with E-state index in [1.165, 1.54) is 38.4 Å². The van der Waals surface area contributed by atoms with Crippen molar-refractivity contribution in [2.45, 2.75) is 44.2 Å². The van der Waals surface area contributed by atoms with Crippen LogP contribution in [0.15, 0.2) is 29.2 Å². The summed E-state index contributed by atoms with van der Waals surface area (Å²) in [6.07, 6.45) is 3.50. The van der Waals surface area contributed by atoms with Gasteiger partial charge in [-0.05, 0) is 51.1 Å². The summed E-state index contributed by atoms with van der Waals surface area (Å²) in [4.78, 5) is 23.9. The van der Waals surface area contributed by atoms with Gasteiger partial charge in [0, 0.05) is 12.1 Å². The number of hydrogen-bond acceptors (Lipinski definition) is 5. The Morgan fingerprint density at radius 3 is 2.44 bits per heavy atom. The SMILES string of the molecule is CCC(C)NC(=O)C(C)NC(=O)/C=C/c1ccc(OC)c(S(=O)(=O)NC)c1. The Kier molecular flexibility index (Phi) is 8.45. The second kappa shape index (κ2) is 10.1. The first kappa shape index (κ1) is 22.7. The third-order valence-electron chi connectivity index (χ3n) is 3.93. The Hall–Kier alpha value is -2.39. The van der Waals surface area contributed by atoms with Crippen LogP contribution in [0.1, 0.15) is 32.8 Å². The number of amides is 2. The molecule has 3 N–H and O–H groups in total. The summed E-state index contributed by atoms with van der Waals surface area (Å²) < 4.78 is 31.4. The van der Waals surface area contributed by atoms with Gasteiger partial charge in [0.25, 0.3) is 0 Å². The molecule has 1 aromatic carbocycles. The van der Waals surface area contributed by atoms with E-state index in [1.54, 1.807) is 13.0 Å². The summed E-state index contributed by atoms with van der Waals surface area (Å²) in [5.41, 5.74) is 0.497. The quantitative estimate of drug-likeness (QED) is 0.539. The summed E-state index contributed by atoms with van der Waals surface area (Å²) in [7, 11) is -1.03. The molecule has 0 saturated carbocycles. The van der Waals surface area contributed by atoms with E-state index in [-0.39, 0.29) is 22.6 Å². The van der Waals surface area contributed by atoms with Gasteiger partial charge >= 0.3 is 0 Å². The molecule has 0 heterocycles. The fraction of sp³-hybridized carbons (Fsp3) is 0.444. The molecule has 1 rings (SSSR count). The van der Waals surface area contributed by atoms with Gasteiger partial charge < -0.3 is 15.4 Å². The van der Waals surface area contributed by atoms with Crippen molar-refractivity contribution in [1.29, 1.82) is 0 Å². The highest BCUT2D eigenvalue weighted by molar-refractivity contribution is 7.89. The van der Waals surface area contributed by atoms with Crippen LogP contribution < -0.4 is 20.1 Å². The summed E-state index contributed by atoms with van der Waals surface area (Å²) in [5, 5.41) is 5.35. The van der Waals surface area contributed by atoms with Gasteiger partial charge in [0.1, 0.15) is 16.7 Å². The van der Waals surface area contributed by atoms with Crippen molar-refractivity contribution >= 4 is 27.9 Å². The monoisotopic (exact) mass is 397 g/mol. The number of ether oxygens (including phenoxy) is 1. The zero-order valence-electron chi connectivity index (χ0n) is 16.2. The lowest BCUT2D eigenvalue weighted by atomic mass is 10.2. The van der Waals surface area contributed by atoms with Crippen molar-refractivity contribution in [3.8, 4) is 5.75 Å². The predicted octanol–water partition coefficient (Wildman–Crippen LogP) is 1.04. The zero-order chi connectivity index (χ0) is 20.6. The Morgan fingerprint density at radius 1 is 1.22 bits per heavy atom. The molecule has 0 aromatic heterocycles. The van der Waals surface area contributed by atoms with Gasteiger partial charge in [-0.15, -0.1) is 0 Å². The van der Waals surface area contributed by atoms with Crippen molar-refractivity contribution in [2.75, 3.05) is 14.2 Å². The number of carbonyl (C=O) groups is 2. The summed E-state index contributed by atoms with van der Waals surface area (Å²) >= 11 is 0. The van der Waals surface area contributed by atoms with Gasteiger partial charge in [0.15, 0.2) is 0 Å². The molecule has 0 aliphatic carbocycles. The molecular weight excluding hydrogens is 370 g/mol. The number of nitrogens with one attached hydrogen (secondary N) is 3. The first-order chi connectivity index (χ1) is 12.6. The Labute approximate surface area is 160 Å². The van der Waals surface area contributed by atoms with E-state index >= 15 is 0 Å². The molecular formula is C18H27N3O5S. The number of hydrogen-bond donors (Lipinski definition) is 3. The van der Waals surface area contributed by atoms with Crippen LogP contribution in [0.4, 0.5) is 0 Å². The lowest BCUT2D eigenvalue weighted by Crippen LogP contribution is -2.46. The molecule has 0 aliphatic heterocycles. The van der Waals surface area contributed by atoms with E-state index in [2.05, 4.69) is 15.4 Å². The molecule has 8 nitrogen and oxygen atoms in total. The Morgan fingerprint density at radius 2 is 1.89 bits per heavy atom. The van der Waals surface area contributed by atoms with Gasteiger partial charge in [0.2, 0.25) is 21.8 Å². The largest absolute Gasteiger partial charge is 0.495 e. The van der Waals surface area contributed by atoms with E-state index in [4.69, 9.17) is 4.74 Å². The lowest BCUT2D eigenvalue weighted by Gasteiger charge is -2.16. The molecule has 9 heteroatoms. The fourth-order valence-electron chi connectivity index (χ4n) is 2.09. The highest BCUT2D eigenvalue weighted by atomic mass is 32.2. The van der Waals surface area contributed by atoms with Crippen LogP contribution in [0.2, 0.25) is 0 Å². The summed E-state index contributed by atoms with van der Waals surface area (Å²) in [5.74, 6) is -0.533. The lowest BCUT2D eigenvalue weighted by molar-refractivity contribution is -0.127. The predicted molar refractivity (Wildman–Crippen MR) is 104 cm³/mol. The second-order valence-corrected chi connectivity index (χ2v) is 7.85. The van der Waals surface area contributed by atoms with Gasteiger partial charge in [-0.25, -0.2) is 13.1 Å². The van der Waals surface area contributed by atoms with Crippen LogP contribution in [0.5, 0.6) is 5.75 Å². The van der Waals surface area contributed by atoms with Gasteiger partial charge in [0.05, 0.1) is 7.11 Å². The number of rotatable bonds is 9. The Bertz CT molecular complexity index is 805. The third kappa shape index (κ3) is 6.69. The minimum atomic E-state index is -3.71. The van der Waals surface area contributed by atoms with E-state index in [0.29, 0.717) is 5.56 Å². The normalized spacial score (nSPS) is 13.8. The van der Waals surface area contributed by atoms with Crippen LogP contribution in [0.25, 0.3) is 6.08 Å². The van der Waals surface area contributed by atoms with Crippen molar-refractivity contribution < 1.29 is 22.7 Å². The molecule has 27 heavy (non-hydrogen) atoms. The maximum atomic E-state index is 12.1. The smallest absolute Gasteiger partial charge is 0.244 e. The van der Waals surface area contributed by atoms with Crippen molar-refractivity contribution in [1.82, 2.24) is 15.4 Å². The second-order valence-electron chi connectivity index (χ2n) is 6.00. The van der Waals surface area contributed by atoms with Crippen LogP contribution in [0, 0.1) is 0 Å². The molecule has 2 atom stereocenters. The highest BCUT2D eigenvalue weighted by Crippen LogP contribution is 2.25. The number of carbonyl (C=O) groups excluding carboxylic acids is 2. The van der Waals surface area contributed by atoms with Crippen LogP contribution >= 0.6 is 0 Å². The third-order valence-corrected chi connectivity index (χ3v) is 5.36. The summed E-state index contributed by atoms with van der Waals surface area (Å²) in [6, 6.07) is 3.86. The van der Waals surface area contributed by atoms with Gasteiger partial charge in [-0.3, -0.25) is 9.59 Å². The molecule has 2 unspecified atom stereocenters. The van der Waals surface area contributed by atoms with E-state index in [0.717, 1.165) is 6.42 Å². The van der Waals surface area contributed by atoms with E-state index in [9.17, 15) is 18.0 Å². The van der Waals surface area contributed by atoms with Gasteiger partial charge in [-0.1, -0.05) is 13.0 Å². The van der Waals surface area contributed by atoms with Crippen LogP contribution in [-0.2, 0) is 19.6 Å². The van der Waals surface area contributed by atoms with E-state index < -0.39 is 22.0 Å². The van der Waals surface area contributed by atoms with Crippen molar-refractivity contribution in [3.63, 3.8) is 0 Å². The molecule has 2 amide bonds. The molecule has 0 radical (unpaired) electrons. The minimum absolute atomic E-state index is 0.0271. The van der Waals surface area contributed by atoms with Crippen molar-refractivity contribution in [2.24, 2.45) is 0 Å². The van der Waals surface area contributed by atoms with Crippen LogP contribution in [-0.4, -0.2) is 46.5 Å². The number of methoxy groups -OCH3 is 1. The number of benzene rings is 1. The molecule has 0 aliphatic rings. The van der Waals surface area contributed by atoms with Gasteiger partial charge in [-0.2, -0.15) is 0 Å². The molecule has 0 fully saturated rings. The maximum absolute atomic E-state index is 12.1. The average Bonchev–Trinajstić information content (AvgIpc) is 2.65. The molecule has 0 spiro atoms. The standard InChI is InChI=1S/C18H27N3O5S/c1-6-12(2)20-18(23)13(3)21-17(22)10-8-14-7-9-15(26-5)16(11-14)27(24,25)19-4/h7-13,19H,6H2,1-5H3,(H,20,23)(H,21,22)/b10-8+. The zero-order valence-corrected chi connectivity index (χ0v) is 17.0. The van der Waals surface area contributed by atoms with E-state index in [1.807, 2.05) is 13.8 Å². The maximum Gasteiger partial charge on any atom is 0.244 e. The molecule has 150 valence electrons. The highest BCUT2D eigenvalue weighted by Gasteiger charge is 2.18. The topological polar surface area (TPSA) is 114 Å². The number of sulfonamides is 1. The first-order valence-corrected chi connectivity index (χ1v) is 10.0. The average molecular weight is 397 g/mol. The molecule has 1 aromatic rings. The van der Waals surface area contributed by atoms with Crippen LogP contribution in [0.3, 0.4) is 0 Å². The molecule has 0 saturated heterocycles. The summed E-state index contributed by atoms with van der Waals surface area (Å²) in [6.45, 7) is 5.43.